The summed E-state index contributed by atoms with van der Waals surface area (Å²) in [6.07, 6.45) is 0.894. The van der Waals surface area contributed by atoms with Gasteiger partial charge >= 0.3 is 6.18 Å². The fourth-order valence-electron chi connectivity index (χ4n) is 3.48. The lowest BCUT2D eigenvalue weighted by atomic mass is 10.1. The molecule has 0 bridgehead atoms. The van der Waals surface area contributed by atoms with E-state index < -0.39 is 17.6 Å². The van der Waals surface area contributed by atoms with Crippen LogP contribution in [0, 0.1) is 0 Å². The normalized spacial score (nSPS) is 13.8. The Kier molecular flexibility index (Phi) is 7.08. The average Bonchev–Trinajstić information content (AvgIpc) is 3.49. The first-order chi connectivity index (χ1) is 14.7. The molecule has 0 N–H and O–H groups in total. The van der Waals surface area contributed by atoms with Crippen molar-refractivity contribution >= 4 is 11.8 Å². The van der Waals surface area contributed by atoms with Crippen molar-refractivity contribution in [2.45, 2.75) is 51.4 Å². The van der Waals surface area contributed by atoms with Crippen LogP contribution in [0.15, 0.2) is 42.6 Å². The van der Waals surface area contributed by atoms with E-state index in [0.717, 1.165) is 37.1 Å². The summed E-state index contributed by atoms with van der Waals surface area (Å²) in [5.74, 6) is -0.565. The lowest BCUT2D eigenvalue weighted by Gasteiger charge is -2.28. The van der Waals surface area contributed by atoms with Crippen molar-refractivity contribution in [1.29, 1.82) is 0 Å². The van der Waals surface area contributed by atoms with E-state index in [1.54, 1.807) is 0 Å². The molecule has 168 valence electrons. The summed E-state index contributed by atoms with van der Waals surface area (Å²) in [6.45, 7) is 2.75. The van der Waals surface area contributed by atoms with Crippen LogP contribution in [0.4, 0.5) is 13.2 Å². The third kappa shape index (κ3) is 5.89. The van der Waals surface area contributed by atoms with Crippen molar-refractivity contribution in [3.63, 3.8) is 0 Å². The van der Waals surface area contributed by atoms with Crippen LogP contribution in [0.5, 0.6) is 0 Å². The minimum atomic E-state index is -4.46. The summed E-state index contributed by atoms with van der Waals surface area (Å²) < 4.78 is 40.4. The van der Waals surface area contributed by atoms with E-state index in [1.165, 1.54) is 17.0 Å². The summed E-state index contributed by atoms with van der Waals surface area (Å²) in [7, 11) is 1.92. The maximum Gasteiger partial charge on any atom is 0.416 e. The van der Waals surface area contributed by atoms with Crippen LogP contribution in [0.25, 0.3) is 0 Å². The van der Waals surface area contributed by atoms with Crippen LogP contribution in [0.2, 0.25) is 0 Å². The van der Waals surface area contributed by atoms with Gasteiger partial charge in [0, 0.05) is 37.1 Å². The topological polar surface area (TPSA) is 45.6 Å². The zero-order valence-corrected chi connectivity index (χ0v) is 17.9. The Morgan fingerprint density at radius 1 is 1.13 bits per heavy atom. The van der Waals surface area contributed by atoms with Gasteiger partial charge in [0.25, 0.3) is 5.91 Å². The first-order valence-electron chi connectivity index (χ1n) is 10.6. The van der Waals surface area contributed by atoms with Crippen LogP contribution in [-0.4, -0.2) is 45.3 Å². The maximum atomic E-state index is 13.1. The van der Waals surface area contributed by atoms with E-state index in [2.05, 4.69) is 0 Å². The molecule has 0 radical (unpaired) electrons. The highest BCUT2D eigenvalue weighted by molar-refractivity contribution is 5.96. The number of hydrogen-bond acceptors (Lipinski definition) is 2. The average molecular weight is 435 g/mol. The minimum absolute atomic E-state index is 0.0826. The van der Waals surface area contributed by atoms with Crippen LogP contribution < -0.4 is 0 Å². The van der Waals surface area contributed by atoms with E-state index in [-0.39, 0.29) is 24.1 Å². The molecule has 0 unspecified atom stereocenters. The van der Waals surface area contributed by atoms with Gasteiger partial charge in [0.15, 0.2) is 0 Å². The molecule has 0 spiro atoms. The summed E-state index contributed by atoms with van der Waals surface area (Å²) in [6, 6.07) is 8.22. The Morgan fingerprint density at radius 2 is 1.81 bits per heavy atom. The Labute approximate surface area is 180 Å². The van der Waals surface area contributed by atoms with Crippen LogP contribution >= 0.6 is 0 Å². The molecule has 1 aliphatic rings. The molecule has 2 amide bonds. The molecule has 1 aliphatic carbocycles. The predicted octanol–water partition coefficient (Wildman–Crippen LogP) is 4.48. The van der Waals surface area contributed by atoms with Crippen molar-refractivity contribution in [2.75, 3.05) is 13.1 Å². The highest BCUT2D eigenvalue weighted by Crippen LogP contribution is 2.30. The molecule has 8 heteroatoms. The van der Waals surface area contributed by atoms with Gasteiger partial charge in [-0.3, -0.25) is 9.59 Å². The fourth-order valence-corrected chi connectivity index (χ4v) is 3.48. The molecule has 3 rings (SSSR count). The number of halogens is 3. The van der Waals surface area contributed by atoms with Crippen LogP contribution in [0.1, 0.15) is 54.2 Å². The third-order valence-electron chi connectivity index (χ3n) is 5.55. The Hall–Kier alpha value is -2.77. The van der Waals surface area contributed by atoms with Gasteiger partial charge in [0.05, 0.1) is 12.1 Å². The van der Waals surface area contributed by atoms with E-state index in [1.807, 2.05) is 41.8 Å². The van der Waals surface area contributed by atoms with Gasteiger partial charge in [-0.05, 0) is 55.7 Å². The van der Waals surface area contributed by atoms with Crippen LogP contribution in [-0.2, 0) is 24.6 Å². The van der Waals surface area contributed by atoms with E-state index in [4.69, 9.17) is 0 Å². The Bertz CT molecular complexity index is 902. The molecule has 0 saturated heterocycles. The first-order valence-corrected chi connectivity index (χ1v) is 10.6. The van der Waals surface area contributed by atoms with Gasteiger partial charge in [0.2, 0.25) is 5.91 Å². The molecule has 2 aromatic rings. The second-order valence-corrected chi connectivity index (χ2v) is 8.02. The largest absolute Gasteiger partial charge is 0.416 e. The van der Waals surface area contributed by atoms with Gasteiger partial charge in [0.1, 0.15) is 6.54 Å². The second kappa shape index (κ2) is 9.58. The molecular formula is C23H28F3N3O2. The predicted molar refractivity (Wildman–Crippen MR) is 111 cm³/mol. The molecule has 5 nitrogen and oxygen atoms in total. The smallest absolute Gasteiger partial charge is 0.353 e. The zero-order valence-electron chi connectivity index (χ0n) is 17.9. The SMILES string of the molecule is CCCCN(CC(=O)N(Cc1cccn1C)C1CC1)C(=O)c1ccc(C(F)(F)F)cc1. The van der Waals surface area contributed by atoms with Gasteiger partial charge in [-0.15, -0.1) is 0 Å². The highest BCUT2D eigenvalue weighted by atomic mass is 19.4. The molecule has 1 heterocycles. The van der Waals surface area contributed by atoms with E-state index in [9.17, 15) is 22.8 Å². The Balaban J connectivity index is 1.74. The number of rotatable bonds is 9. The van der Waals surface area contributed by atoms with Crippen molar-refractivity contribution in [3.8, 4) is 0 Å². The number of aromatic nitrogens is 1. The number of nitrogens with zero attached hydrogens (tertiary/aromatic N) is 3. The molecule has 1 saturated carbocycles. The number of unbranched alkanes of at least 4 members (excludes halogenated alkanes) is 1. The summed E-state index contributed by atoms with van der Waals surface area (Å²) in [5, 5.41) is 0. The Morgan fingerprint density at radius 3 is 2.32 bits per heavy atom. The van der Waals surface area contributed by atoms with Crippen molar-refractivity contribution < 1.29 is 22.8 Å². The number of benzene rings is 1. The second-order valence-electron chi connectivity index (χ2n) is 8.02. The summed E-state index contributed by atoms with van der Waals surface area (Å²) in [5.41, 5.74) is 0.356. The maximum absolute atomic E-state index is 13.1. The fraction of sp³-hybridized carbons (Fsp3) is 0.478. The third-order valence-corrected chi connectivity index (χ3v) is 5.55. The number of carbonyl (C=O) groups is 2. The van der Waals surface area contributed by atoms with Gasteiger partial charge in [-0.1, -0.05) is 13.3 Å². The number of hydrogen-bond donors (Lipinski definition) is 0. The number of carbonyl (C=O) groups excluding carboxylic acids is 2. The monoisotopic (exact) mass is 435 g/mol. The number of aryl methyl sites for hydroxylation is 1. The molecule has 1 aromatic heterocycles. The highest BCUT2D eigenvalue weighted by Gasteiger charge is 2.34. The minimum Gasteiger partial charge on any atom is -0.353 e. The lowest BCUT2D eigenvalue weighted by Crippen LogP contribution is -2.44. The molecule has 0 aliphatic heterocycles. The van der Waals surface area contributed by atoms with Crippen LogP contribution in [0.3, 0.4) is 0 Å². The van der Waals surface area contributed by atoms with Gasteiger partial charge in [-0.25, -0.2) is 0 Å². The first kappa shape index (κ1) is 22.9. The van der Waals surface area contributed by atoms with E-state index >= 15 is 0 Å². The van der Waals surface area contributed by atoms with Gasteiger partial charge < -0.3 is 14.4 Å². The number of amides is 2. The summed E-state index contributed by atoms with van der Waals surface area (Å²) in [4.78, 5) is 29.4. The van der Waals surface area contributed by atoms with Crippen molar-refractivity contribution in [1.82, 2.24) is 14.4 Å². The molecule has 31 heavy (non-hydrogen) atoms. The molecular weight excluding hydrogens is 407 g/mol. The summed E-state index contributed by atoms with van der Waals surface area (Å²) >= 11 is 0. The van der Waals surface area contributed by atoms with E-state index in [0.29, 0.717) is 19.5 Å². The van der Waals surface area contributed by atoms with Crippen molar-refractivity contribution in [3.05, 3.63) is 59.4 Å². The van der Waals surface area contributed by atoms with Crippen molar-refractivity contribution in [2.24, 2.45) is 7.05 Å². The molecule has 0 atom stereocenters. The zero-order chi connectivity index (χ0) is 22.6. The quantitative estimate of drug-likeness (QED) is 0.583. The lowest BCUT2D eigenvalue weighted by molar-refractivity contribution is -0.137. The standard InChI is InChI=1S/C23H28F3N3O2/c1-3-4-14-28(22(31)17-7-9-18(10-8-17)23(24,25)26)16-21(30)29(19-11-12-19)15-20-6-5-13-27(20)2/h5-10,13,19H,3-4,11-12,14-16H2,1-2H3. The molecule has 1 aromatic carbocycles. The molecule has 1 fully saturated rings. The van der Waals surface area contributed by atoms with Gasteiger partial charge in [-0.2, -0.15) is 13.2 Å². The number of alkyl halides is 3.